The summed E-state index contributed by atoms with van der Waals surface area (Å²) in [5, 5.41) is 0. The average Bonchev–Trinajstić information content (AvgIpc) is 3.12. The smallest absolute Gasteiger partial charge is 0.316 e. The Balaban J connectivity index is 1.68. The van der Waals surface area contributed by atoms with Gasteiger partial charge in [-0.15, -0.1) is 0 Å². The van der Waals surface area contributed by atoms with E-state index >= 15 is 0 Å². The summed E-state index contributed by atoms with van der Waals surface area (Å²) in [5.74, 6) is -0.0908. The molecule has 0 amide bonds. The maximum Gasteiger partial charge on any atom is 0.316 e. The highest BCUT2D eigenvalue weighted by molar-refractivity contribution is 6.08. The molecule has 1 aromatic carbocycles. The first-order chi connectivity index (χ1) is 13.5. The van der Waals surface area contributed by atoms with Crippen LogP contribution < -0.4 is 0 Å². The van der Waals surface area contributed by atoms with Crippen molar-refractivity contribution in [3.63, 3.8) is 0 Å². The van der Waals surface area contributed by atoms with Crippen molar-refractivity contribution < 1.29 is 18.7 Å². The lowest BCUT2D eigenvalue weighted by molar-refractivity contribution is -0.148. The molecular formula is C23H23NO4. The number of benzene rings is 1. The quantitative estimate of drug-likeness (QED) is 0.735. The summed E-state index contributed by atoms with van der Waals surface area (Å²) in [6.07, 6.45) is 2.03. The predicted molar refractivity (Wildman–Crippen MR) is 105 cm³/mol. The molecule has 5 nitrogen and oxygen atoms in total. The van der Waals surface area contributed by atoms with Gasteiger partial charge in [-0.1, -0.05) is 30.3 Å². The van der Waals surface area contributed by atoms with Crippen LogP contribution in [0.25, 0.3) is 0 Å². The summed E-state index contributed by atoms with van der Waals surface area (Å²) in [4.78, 5) is 30.5. The molecule has 0 radical (unpaired) electrons. The van der Waals surface area contributed by atoms with Gasteiger partial charge < -0.3 is 9.15 Å². The van der Waals surface area contributed by atoms with Gasteiger partial charge in [0.2, 0.25) is 0 Å². The van der Waals surface area contributed by atoms with Crippen LogP contribution in [0.15, 0.2) is 63.1 Å². The van der Waals surface area contributed by atoms with Crippen molar-refractivity contribution in [2.45, 2.75) is 45.6 Å². The van der Waals surface area contributed by atoms with Crippen LogP contribution in [0.5, 0.6) is 0 Å². The van der Waals surface area contributed by atoms with E-state index in [0.717, 1.165) is 29.9 Å². The second kappa shape index (κ2) is 7.58. The lowest BCUT2D eigenvalue weighted by atomic mass is 9.74. The molecule has 0 unspecified atom stereocenters. The van der Waals surface area contributed by atoms with Crippen LogP contribution in [-0.2, 0) is 20.9 Å². The zero-order valence-corrected chi connectivity index (χ0v) is 16.1. The van der Waals surface area contributed by atoms with Crippen molar-refractivity contribution in [3.05, 3.63) is 70.8 Å². The SMILES string of the molecule is CC1=NC2=C(C(=O)CCC2)[C@H](c2ccc(C)o2)[C@@H]1C(=O)OCc1ccccc1. The zero-order chi connectivity index (χ0) is 19.7. The van der Waals surface area contributed by atoms with E-state index in [1.54, 1.807) is 0 Å². The number of furan rings is 1. The van der Waals surface area contributed by atoms with E-state index in [0.29, 0.717) is 23.5 Å². The highest BCUT2D eigenvalue weighted by Gasteiger charge is 2.44. The third-order valence-corrected chi connectivity index (χ3v) is 5.38. The molecule has 144 valence electrons. The molecule has 2 aliphatic rings. The molecule has 2 heterocycles. The van der Waals surface area contributed by atoms with Gasteiger partial charge in [0, 0.05) is 23.4 Å². The summed E-state index contributed by atoms with van der Waals surface area (Å²) < 4.78 is 11.5. The van der Waals surface area contributed by atoms with Crippen molar-refractivity contribution >= 4 is 17.5 Å². The highest BCUT2D eigenvalue weighted by Crippen LogP contribution is 2.44. The van der Waals surface area contributed by atoms with Gasteiger partial charge in [0.25, 0.3) is 0 Å². The van der Waals surface area contributed by atoms with Gasteiger partial charge in [0.15, 0.2) is 5.78 Å². The number of hydrogen-bond donors (Lipinski definition) is 0. The van der Waals surface area contributed by atoms with E-state index in [1.807, 2.05) is 56.3 Å². The summed E-state index contributed by atoms with van der Waals surface area (Å²) in [5.41, 5.74) is 3.00. The van der Waals surface area contributed by atoms with E-state index in [4.69, 9.17) is 9.15 Å². The first-order valence-corrected chi connectivity index (χ1v) is 9.63. The molecule has 0 saturated heterocycles. The number of hydrogen-bond acceptors (Lipinski definition) is 5. The van der Waals surface area contributed by atoms with Gasteiger partial charge in [-0.05, 0) is 44.4 Å². The Hall–Kier alpha value is -2.95. The highest BCUT2D eigenvalue weighted by atomic mass is 16.5. The fourth-order valence-corrected chi connectivity index (χ4v) is 4.06. The van der Waals surface area contributed by atoms with Crippen LogP contribution in [0.4, 0.5) is 0 Å². The fraction of sp³-hybridized carbons (Fsp3) is 0.348. The number of ketones is 1. The van der Waals surface area contributed by atoms with Crippen molar-refractivity contribution in [2.24, 2.45) is 10.9 Å². The topological polar surface area (TPSA) is 68.9 Å². The Kier molecular flexibility index (Phi) is 4.99. The number of ether oxygens (including phenoxy) is 1. The second-order valence-corrected chi connectivity index (χ2v) is 7.39. The molecule has 28 heavy (non-hydrogen) atoms. The lowest BCUT2D eigenvalue weighted by Crippen LogP contribution is -2.37. The number of nitrogens with zero attached hydrogens (tertiary/aromatic N) is 1. The fourth-order valence-electron chi connectivity index (χ4n) is 4.06. The van der Waals surface area contributed by atoms with Gasteiger partial charge >= 0.3 is 5.97 Å². The largest absolute Gasteiger partial charge is 0.466 e. The number of aryl methyl sites for hydroxylation is 1. The van der Waals surface area contributed by atoms with Crippen LogP contribution in [0, 0.1) is 12.8 Å². The minimum absolute atomic E-state index is 0.0532. The van der Waals surface area contributed by atoms with Crippen LogP contribution >= 0.6 is 0 Å². The Morgan fingerprint density at radius 1 is 1.14 bits per heavy atom. The standard InChI is InChI=1S/C23H23NO4/c1-14-11-12-19(28-14)22-20(23(26)27-13-16-7-4-3-5-8-16)15(2)24-17-9-6-10-18(25)21(17)22/h3-5,7-8,11-12,20,22H,6,9-10,13H2,1-2H3/t20-,22-/m1/s1. The van der Waals surface area contributed by atoms with Gasteiger partial charge in [-0.2, -0.15) is 0 Å². The van der Waals surface area contributed by atoms with Crippen LogP contribution in [0.2, 0.25) is 0 Å². The molecule has 4 rings (SSSR count). The molecule has 1 aliphatic carbocycles. The van der Waals surface area contributed by atoms with Crippen molar-refractivity contribution in [2.75, 3.05) is 0 Å². The summed E-state index contributed by atoms with van der Waals surface area (Å²) in [6.45, 7) is 3.88. The molecule has 0 fully saturated rings. The molecule has 0 spiro atoms. The summed E-state index contributed by atoms with van der Waals surface area (Å²) in [6, 6.07) is 13.3. The van der Waals surface area contributed by atoms with E-state index in [2.05, 4.69) is 4.99 Å². The normalized spacial score (nSPS) is 21.9. The number of esters is 1. The molecule has 2 atom stereocenters. The molecule has 2 aromatic rings. The van der Waals surface area contributed by atoms with Crippen molar-refractivity contribution in [3.8, 4) is 0 Å². The van der Waals surface area contributed by atoms with Crippen LogP contribution in [0.3, 0.4) is 0 Å². The van der Waals surface area contributed by atoms with Gasteiger partial charge in [-0.25, -0.2) is 0 Å². The second-order valence-electron chi connectivity index (χ2n) is 7.39. The molecule has 0 N–H and O–H groups in total. The van der Waals surface area contributed by atoms with Crippen LogP contribution in [-0.4, -0.2) is 17.5 Å². The maximum absolute atomic E-state index is 13.1. The minimum Gasteiger partial charge on any atom is -0.466 e. The van der Waals surface area contributed by atoms with E-state index in [1.165, 1.54) is 0 Å². The number of Topliss-reactive ketones (excluding diaryl/α,β-unsaturated/α-hetero) is 1. The molecular weight excluding hydrogens is 354 g/mol. The molecule has 1 aliphatic heterocycles. The number of carbonyl (C=O) groups is 2. The summed E-state index contributed by atoms with van der Waals surface area (Å²) in [7, 11) is 0. The maximum atomic E-state index is 13.1. The molecule has 1 aromatic heterocycles. The first kappa shape index (κ1) is 18.4. The predicted octanol–water partition coefficient (Wildman–Crippen LogP) is 4.51. The average molecular weight is 377 g/mol. The van der Waals surface area contributed by atoms with Crippen molar-refractivity contribution in [1.29, 1.82) is 0 Å². The molecule has 0 bridgehead atoms. The van der Waals surface area contributed by atoms with E-state index in [-0.39, 0.29) is 18.4 Å². The van der Waals surface area contributed by atoms with Crippen molar-refractivity contribution in [1.82, 2.24) is 0 Å². The monoisotopic (exact) mass is 377 g/mol. The molecule has 5 heteroatoms. The number of rotatable bonds is 4. The number of aliphatic imine (C=N–C) groups is 1. The number of allylic oxidation sites excluding steroid dienone is 2. The third kappa shape index (κ3) is 3.44. The van der Waals surface area contributed by atoms with E-state index in [9.17, 15) is 9.59 Å². The Bertz CT molecular complexity index is 967. The number of carbonyl (C=O) groups excluding carboxylic acids is 2. The third-order valence-electron chi connectivity index (χ3n) is 5.38. The van der Waals surface area contributed by atoms with Crippen LogP contribution in [0.1, 0.15) is 49.2 Å². The Morgan fingerprint density at radius 2 is 1.93 bits per heavy atom. The van der Waals surface area contributed by atoms with Gasteiger partial charge in [-0.3, -0.25) is 14.6 Å². The lowest BCUT2D eigenvalue weighted by Gasteiger charge is -2.33. The zero-order valence-electron chi connectivity index (χ0n) is 16.1. The molecule has 0 saturated carbocycles. The minimum atomic E-state index is -0.657. The van der Waals surface area contributed by atoms with Gasteiger partial charge in [0.05, 0.1) is 5.92 Å². The Morgan fingerprint density at radius 3 is 2.64 bits per heavy atom. The first-order valence-electron chi connectivity index (χ1n) is 9.63. The summed E-state index contributed by atoms with van der Waals surface area (Å²) >= 11 is 0. The Labute approximate surface area is 164 Å². The van der Waals surface area contributed by atoms with E-state index < -0.39 is 11.8 Å². The van der Waals surface area contributed by atoms with Gasteiger partial charge in [0.1, 0.15) is 24.0 Å².